The van der Waals surface area contributed by atoms with Gasteiger partial charge in [0.2, 0.25) is 0 Å². The molecule has 1 aliphatic rings. The normalized spacial score (nSPS) is 20.4. The van der Waals surface area contributed by atoms with Gasteiger partial charge in [-0.1, -0.05) is 0 Å². The van der Waals surface area contributed by atoms with Crippen LogP contribution in [-0.2, 0) is 20.0 Å². The first kappa shape index (κ1) is 13.8. The average Bonchev–Trinajstić information content (AvgIpc) is 3.01. The van der Waals surface area contributed by atoms with Gasteiger partial charge in [-0.05, 0) is 32.2 Å². The lowest BCUT2D eigenvalue weighted by Crippen LogP contribution is -2.36. The maximum atomic E-state index is 4.46. The zero-order valence-corrected chi connectivity index (χ0v) is 13.1. The van der Waals surface area contributed by atoms with Gasteiger partial charge in [0.25, 0.3) is 0 Å². The molecule has 3 heterocycles. The summed E-state index contributed by atoms with van der Waals surface area (Å²) in [5.74, 6) is 1.95. The largest absolute Gasteiger partial charge is 0.338 e. The second kappa shape index (κ2) is 6.06. The summed E-state index contributed by atoms with van der Waals surface area (Å²) in [6, 6.07) is 0. The summed E-state index contributed by atoms with van der Waals surface area (Å²) in [6.45, 7) is 5.58. The van der Waals surface area contributed by atoms with Crippen LogP contribution < -0.4 is 0 Å². The smallest absolute Gasteiger partial charge is 0.108 e. The summed E-state index contributed by atoms with van der Waals surface area (Å²) in [5, 5.41) is 0. The van der Waals surface area contributed by atoms with Crippen molar-refractivity contribution in [3.05, 3.63) is 34.3 Å². The number of rotatable bonds is 4. The summed E-state index contributed by atoms with van der Waals surface area (Å²) in [5.41, 5.74) is 3.15. The molecule has 0 aromatic carbocycles. The van der Waals surface area contributed by atoms with E-state index in [1.54, 1.807) is 11.3 Å². The molecule has 1 fully saturated rings. The summed E-state index contributed by atoms with van der Waals surface area (Å²) in [6.07, 6.45) is 7.66. The van der Waals surface area contributed by atoms with Gasteiger partial charge in [-0.2, -0.15) is 0 Å². The van der Waals surface area contributed by atoms with Gasteiger partial charge in [0.05, 0.1) is 11.2 Å². The van der Waals surface area contributed by atoms with Crippen molar-refractivity contribution in [2.75, 3.05) is 13.1 Å². The Hall–Kier alpha value is -1.20. The van der Waals surface area contributed by atoms with Crippen molar-refractivity contribution in [1.82, 2.24) is 19.4 Å². The quantitative estimate of drug-likeness (QED) is 0.868. The monoisotopic (exact) mass is 290 g/mol. The van der Waals surface area contributed by atoms with Crippen molar-refractivity contribution < 1.29 is 0 Å². The average molecular weight is 290 g/mol. The fourth-order valence-electron chi connectivity index (χ4n) is 2.99. The van der Waals surface area contributed by atoms with Gasteiger partial charge in [0.15, 0.2) is 0 Å². The Labute approximate surface area is 124 Å². The highest BCUT2D eigenvalue weighted by molar-refractivity contribution is 7.09. The van der Waals surface area contributed by atoms with Crippen LogP contribution in [0.4, 0.5) is 0 Å². The first-order chi connectivity index (χ1) is 9.72. The van der Waals surface area contributed by atoms with Crippen molar-refractivity contribution in [3.63, 3.8) is 0 Å². The van der Waals surface area contributed by atoms with E-state index in [1.807, 2.05) is 17.9 Å². The minimum absolute atomic E-state index is 0.734. The second-order valence-electron chi connectivity index (χ2n) is 5.76. The maximum Gasteiger partial charge on any atom is 0.108 e. The number of hydrogen-bond donors (Lipinski definition) is 0. The standard InChI is InChI=1S/C15H22N4S/c1-12-14(20-11-17-12)10-19-6-3-4-13(9-19)8-15-16-5-7-18(15)2/h5,7,11,13H,3-4,6,8-10H2,1-2H3. The first-order valence-electron chi connectivity index (χ1n) is 7.30. The molecule has 0 aliphatic carbocycles. The van der Waals surface area contributed by atoms with Crippen LogP contribution in [0.5, 0.6) is 0 Å². The molecule has 0 radical (unpaired) electrons. The Kier molecular flexibility index (Phi) is 4.17. The Balaban J connectivity index is 1.59. The van der Waals surface area contributed by atoms with E-state index in [4.69, 9.17) is 0 Å². The van der Waals surface area contributed by atoms with E-state index < -0.39 is 0 Å². The zero-order valence-electron chi connectivity index (χ0n) is 12.2. The minimum Gasteiger partial charge on any atom is -0.338 e. The van der Waals surface area contributed by atoms with E-state index in [1.165, 1.54) is 42.3 Å². The van der Waals surface area contributed by atoms with Crippen LogP contribution >= 0.6 is 11.3 Å². The van der Waals surface area contributed by atoms with Gasteiger partial charge in [-0.25, -0.2) is 9.97 Å². The molecule has 2 aromatic rings. The van der Waals surface area contributed by atoms with Gasteiger partial charge in [-0.3, -0.25) is 4.90 Å². The highest BCUT2D eigenvalue weighted by Gasteiger charge is 2.22. The molecule has 2 aromatic heterocycles. The molecule has 1 unspecified atom stereocenters. The molecule has 108 valence electrons. The number of likely N-dealkylation sites (tertiary alicyclic amines) is 1. The van der Waals surface area contributed by atoms with E-state index in [0.717, 1.165) is 18.9 Å². The molecule has 1 saturated heterocycles. The molecule has 5 heteroatoms. The molecule has 0 N–H and O–H groups in total. The topological polar surface area (TPSA) is 34.0 Å². The minimum atomic E-state index is 0.734. The third-order valence-electron chi connectivity index (χ3n) is 4.21. The van der Waals surface area contributed by atoms with Crippen molar-refractivity contribution in [2.24, 2.45) is 13.0 Å². The van der Waals surface area contributed by atoms with Crippen molar-refractivity contribution >= 4 is 11.3 Å². The fourth-order valence-corrected chi connectivity index (χ4v) is 3.81. The van der Waals surface area contributed by atoms with Gasteiger partial charge < -0.3 is 4.57 Å². The molecular weight excluding hydrogens is 268 g/mol. The molecule has 3 rings (SSSR count). The van der Waals surface area contributed by atoms with Crippen LogP contribution in [0.2, 0.25) is 0 Å². The SMILES string of the molecule is Cc1ncsc1CN1CCCC(Cc2nccn2C)C1. The molecular formula is C15H22N4S. The second-order valence-corrected chi connectivity index (χ2v) is 6.70. The van der Waals surface area contributed by atoms with Gasteiger partial charge in [0.1, 0.15) is 5.82 Å². The van der Waals surface area contributed by atoms with Gasteiger partial charge >= 0.3 is 0 Å². The number of hydrogen-bond acceptors (Lipinski definition) is 4. The zero-order chi connectivity index (χ0) is 13.9. The lowest BCUT2D eigenvalue weighted by Gasteiger charge is -2.32. The first-order valence-corrected chi connectivity index (χ1v) is 8.18. The Morgan fingerprint density at radius 3 is 3.00 bits per heavy atom. The summed E-state index contributed by atoms with van der Waals surface area (Å²) >= 11 is 1.78. The van der Waals surface area contributed by atoms with Crippen molar-refractivity contribution in [1.29, 1.82) is 0 Å². The predicted octanol–water partition coefficient (Wildman–Crippen LogP) is 2.64. The lowest BCUT2D eigenvalue weighted by molar-refractivity contribution is 0.166. The van der Waals surface area contributed by atoms with Crippen molar-refractivity contribution in [2.45, 2.75) is 32.7 Å². The van der Waals surface area contributed by atoms with E-state index in [2.05, 4.69) is 33.4 Å². The number of thiazole rings is 1. The fraction of sp³-hybridized carbons (Fsp3) is 0.600. The lowest BCUT2D eigenvalue weighted by atomic mass is 9.94. The van der Waals surface area contributed by atoms with Crippen LogP contribution in [-0.4, -0.2) is 32.5 Å². The van der Waals surface area contributed by atoms with Crippen LogP contribution in [0.25, 0.3) is 0 Å². The van der Waals surface area contributed by atoms with E-state index >= 15 is 0 Å². The van der Waals surface area contributed by atoms with E-state index in [0.29, 0.717) is 0 Å². The van der Waals surface area contributed by atoms with Crippen LogP contribution in [0.15, 0.2) is 17.9 Å². The number of nitrogens with zero attached hydrogens (tertiary/aromatic N) is 4. The Bertz CT molecular complexity index is 511. The Morgan fingerprint density at radius 2 is 2.30 bits per heavy atom. The molecule has 20 heavy (non-hydrogen) atoms. The molecule has 4 nitrogen and oxygen atoms in total. The third-order valence-corrected chi connectivity index (χ3v) is 5.13. The third kappa shape index (κ3) is 3.10. The van der Waals surface area contributed by atoms with Crippen molar-refractivity contribution in [3.8, 4) is 0 Å². The summed E-state index contributed by atoms with van der Waals surface area (Å²) in [7, 11) is 2.09. The Morgan fingerprint density at radius 1 is 1.40 bits per heavy atom. The van der Waals surface area contributed by atoms with E-state index in [-0.39, 0.29) is 0 Å². The number of aromatic nitrogens is 3. The maximum absolute atomic E-state index is 4.46. The highest BCUT2D eigenvalue weighted by atomic mass is 32.1. The van der Waals surface area contributed by atoms with Crippen LogP contribution in [0, 0.1) is 12.8 Å². The predicted molar refractivity (Wildman–Crippen MR) is 81.8 cm³/mol. The number of imidazole rings is 1. The molecule has 1 aliphatic heterocycles. The molecule has 0 bridgehead atoms. The molecule has 0 spiro atoms. The van der Waals surface area contributed by atoms with Crippen LogP contribution in [0.3, 0.4) is 0 Å². The highest BCUT2D eigenvalue weighted by Crippen LogP contribution is 2.23. The van der Waals surface area contributed by atoms with Crippen LogP contribution in [0.1, 0.15) is 29.2 Å². The molecule has 1 atom stereocenters. The molecule has 0 saturated carbocycles. The van der Waals surface area contributed by atoms with Gasteiger partial charge in [-0.15, -0.1) is 11.3 Å². The van der Waals surface area contributed by atoms with E-state index in [9.17, 15) is 0 Å². The van der Waals surface area contributed by atoms with Gasteiger partial charge in [0, 0.05) is 43.8 Å². The summed E-state index contributed by atoms with van der Waals surface area (Å²) in [4.78, 5) is 12.8. The molecule has 0 amide bonds. The number of piperidine rings is 1. The number of aryl methyl sites for hydroxylation is 2. The summed E-state index contributed by atoms with van der Waals surface area (Å²) < 4.78 is 2.15.